The smallest absolute Gasteiger partial charge is 0.430 e. The van der Waals surface area contributed by atoms with Crippen molar-refractivity contribution in [3.63, 3.8) is 0 Å². The summed E-state index contributed by atoms with van der Waals surface area (Å²) < 4.78 is 81.9. The summed E-state index contributed by atoms with van der Waals surface area (Å²) in [5, 5.41) is 3.35. The molecule has 0 radical (unpaired) electrons. The Bertz CT molecular complexity index is 1130. The molecule has 2 heterocycles. The van der Waals surface area contributed by atoms with Crippen LogP contribution in [0.25, 0.3) is 0 Å². The van der Waals surface area contributed by atoms with Crippen LogP contribution >= 0.6 is 15.9 Å². The maximum atomic E-state index is 14.5. The fourth-order valence-corrected chi connectivity index (χ4v) is 6.32. The van der Waals surface area contributed by atoms with E-state index in [0.29, 0.717) is 31.2 Å². The summed E-state index contributed by atoms with van der Waals surface area (Å²) in [5.74, 6) is -2.29. The Kier molecular flexibility index (Phi) is 7.88. The molecule has 1 amide bonds. The summed E-state index contributed by atoms with van der Waals surface area (Å²) >= 11 is 3.01. The lowest BCUT2D eigenvalue weighted by Crippen LogP contribution is -2.60. The van der Waals surface area contributed by atoms with Gasteiger partial charge in [0.2, 0.25) is 0 Å². The minimum atomic E-state index is -5.14. The van der Waals surface area contributed by atoms with Crippen molar-refractivity contribution in [3.8, 4) is 5.75 Å². The zero-order valence-corrected chi connectivity index (χ0v) is 22.0. The van der Waals surface area contributed by atoms with E-state index in [4.69, 9.17) is 9.47 Å². The summed E-state index contributed by atoms with van der Waals surface area (Å²) in [7, 11) is 2.27. The highest BCUT2D eigenvalue weighted by Gasteiger charge is 2.64. The number of halogens is 6. The molecular weight excluding hydrogens is 563 g/mol. The van der Waals surface area contributed by atoms with Crippen molar-refractivity contribution in [1.29, 1.82) is 0 Å². The molecule has 11 heteroatoms. The fraction of sp³-hybridized carbons (Fsp3) is 0.500. The van der Waals surface area contributed by atoms with Gasteiger partial charge in [0.1, 0.15) is 17.4 Å². The summed E-state index contributed by atoms with van der Waals surface area (Å²) in [6, 6.07) is 7.11. The summed E-state index contributed by atoms with van der Waals surface area (Å²) in [6.45, 7) is 1.45. The van der Waals surface area contributed by atoms with Gasteiger partial charge in [-0.05, 0) is 61.1 Å². The zero-order valence-electron chi connectivity index (χ0n) is 20.4. The molecule has 2 aromatic carbocycles. The second-order valence-electron chi connectivity index (χ2n) is 9.59. The molecule has 2 unspecified atom stereocenters. The number of benzene rings is 2. The third-order valence-electron chi connectivity index (χ3n) is 7.78. The van der Waals surface area contributed by atoms with Crippen LogP contribution < -0.4 is 10.1 Å². The standard InChI is InChI=1S/C26H28BrF5N2O3/c1-36-22-14-18(28)3-4-20(22)21-15-33-8-5-24(21)6-9-34(10-7-24)23(35)25(37-2,26(30,31)32)16-11-17(27)13-19(29)12-16/h3-4,11-14,21,33H,5-10,15H2,1-2H3. The highest BCUT2D eigenvalue weighted by Crippen LogP contribution is 2.52. The molecule has 2 aromatic rings. The second-order valence-corrected chi connectivity index (χ2v) is 10.5. The van der Waals surface area contributed by atoms with Gasteiger partial charge in [-0.1, -0.05) is 22.0 Å². The van der Waals surface area contributed by atoms with E-state index in [2.05, 4.69) is 21.2 Å². The van der Waals surface area contributed by atoms with Crippen molar-refractivity contribution < 1.29 is 36.2 Å². The number of carbonyl (C=O) groups excluding carboxylic acids is 1. The van der Waals surface area contributed by atoms with Crippen molar-refractivity contribution >= 4 is 21.8 Å². The van der Waals surface area contributed by atoms with Crippen molar-refractivity contribution in [1.82, 2.24) is 10.2 Å². The number of nitrogens with one attached hydrogen (secondary N) is 1. The molecule has 5 nitrogen and oxygen atoms in total. The third-order valence-corrected chi connectivity index (χ3v) is 8.24. The minimum absolute atomic E-state index is 0.0596. The van der Waals surface area contributed by atoms with Gasteiger partial charge in [0.05, 0.1) is 7.11 Å². The van der Waals surface area contributed by atoms with Gasteiger partial charge in [0.15, 0.2) is 0 Å². The van der Waals surface area contributed by atoms with E-state index in [1.807, 2.05) is 0 Å². The second kappa shape index (κ2) is 10.5. The van der Waals surface area contributed by atoms with Crippen LogP contribution in [-0.2, 0) is 15.1 Å². The molecule has 0 saturated carbocycles. The predicted molar refractivity (Wildman–Crippen MR) is 130 cm³/mol. The lowest BCUT2D eigenvalue weighted by atomic mass is 9.62. The average Bonchev–Trinajstić information content (AvgIpc) is 2.84. The van der Waals surface area contributed by atoms with Crippen LogP contribution in [0, 0.1) is 17.0 Å². The van der Waals surface area contributed by atoms with Crippen LogP contribution in [0.4, 0.5) is 22.0 Å². The van der Waals surface area contributed by atoms with Gasteiger partial charge < -0.3 is 19.7 Å². The molecule has 0 aromatic heterocycles. The van der Waals surface area contributed by atoms with Gasteiger partial charge in [0.25, 0.3) is 11.5 Å². The largest absolute Gasteiger partial charge is 0.496 e. The Morgan fingerprint density at radius 1 is 1.05 bits per heavy atom. The van der Waals surface area contributed by atoms with E-state index < -0.39 is 34.9 Å². The van der Waals surface area contributed by atoms with E-state index in [-0.39, 0.29) is 28.9 Å². The highest BCUT2D eigenvalue weighted by atomic mass is 79.9. The molecule has 1 N–H and O–H groups in total. The van der Waals surface area contributed by atoms with Crippen molar-refractivity contribution in [2.45, 2.75) is 37.0 Å². The summed E-state index contributed by atoms with van der Waals surface area (Å²) in [6.07, 6.45) is -3.52. The van der Waals surface area contributed by atoms with Crippen LogP contribution in [0.15, 0.2) is 40.9 Å². The van der Waals surface area contributed by atoms with Crippen LogP contribution in [-0.4, -0.2) is 57.4 Å². The first-order chi connectivity index (χ1) is 17.5. The Hall–Kier alpha value is -2.24. The normalized spacial score (nSPS) is 21.5. The van der Waals surface area contributed by atoms with Gasteiger partial charge in [0, 0.05) is 48.8 Å². The summed E-state index contributed by atoms with van der Waals surface area (Å²) in [4.78, 5) is 14.7. The number of rotatable bonds is 5. The monoisotopic (exact) mass is 590 g/mol. The van der Waals surface area contributed by atoms with Crippen molar-refractivity contribution in [2.24, 2.45) is 5.41 Å². The summed E-state index contributed by atoms with van der Waals surface area (Å²) in [5.41, 5.74) is -3.48. The number of hydrogen-bond donors (Lipinski definition) is 1. The molecule has 202 valence electrons. The Morgan fingerprint density at radius 2 is 1.76 bits per heavy atom. The van der Waals surface area contributed by atoms with E-state index in [9.17, 15) is 26.7 Å². The third kappa shape index (κ3) is 4.97. The van der Waals surface area contributed by atoms with E-state index in [1.54, 1.807) is 6.07 Å². The van der Waals surface area contributed by atoms with Crippen LogP contribution in [0.2, 0.25) is 0 Å². The number of piperidine rings is 2. The number of methoxy groups -OCH3 is 2. The van der Waals surface area contributed by atoms with Gasteiger partial charge in [-0.15, -0.1) is 0 Å². The number of ether oxygens (including phenoxy) is 2. The molecule has 2 saturated heterocycles. The molecule has 37 heavy (non-hydrogen) atoms. The highest BCUT2D eigenvalue weighted by molar-refractivity contribution is 9.10. The first-order valence-electron chi connectivity index (χ1n) is 11.9. The number of carbonyl (C=O) groups is 1. The molecule has 4 rings (SSSR count). The van der Waals surface area contributed by atoms with Crippen LogP contribution in [0.5, 0.6) is 5.75 Å². The van der Waals surface area contributed by atoms with E-state index in [1.165, 1.54) is 19.2 Å². The maximum Gasteiger partial charge on any atom is 0.430 e. The van der Waals surface area contributed by atoms with Gasteiger partial charge >= 0.3 is 6.18 Å². The van der Waals surface area contributed by atoms with Crippen LogP contribution in [0.3, 0.4) is 0 Å². The van der Waals surface area contributed by atoms with Gasteiger partial charge in [-0.3, -0.25) is 4.79 Å². The lowest BCUT2D eigenvalue weighted by Gasteiger charge is -2.51. The number of hydrogen-bond acceptors (Lipinski definition) is 4. The van der Waals surface area contributed by atoms with E-state index in [0.717, 1.165) is 42.7 Å². The number of likely N-dealkylation sites (tertiary alicyclic amines) is 1. The number of amides is 1. The van der Waals surface area contributed by atoms with Crippen molar-refractivity contribution in [2.75, 3.05) is 40.4 Å². The predicted octanol–water partition coefficient (Wildman–Crippen LogP) is 5.53. The first-order valence-corrected chi connectivity index (χ1v) is 12.7. The van der Waals surface area contributed by atoms with Crippen molar-refractivity contribution in [3.05, 3.63) is 63.6 Å². The molecule has 1 spiro atoms. The Morgan fingerprint density at radius 3 is 2.35 bits per heavy atom. The fourth-order valence-electron chi connectivity index (χ4n) is 5.85. The molecule has 2 atom stereocenters. The maximum absolute atomic E-state index is 14.5. The average molecular weight is 591 g/mol. The Labute approximate surface area is 220 Å². The minimum Gasteiger partial charge on any atom is -0.496 e. The quantitative estimate of drug-likeness (QED) is 0.466. The van der Waals surface area contributed by atoms with Gasteiger partial charge in [-0.25, -0.2) is 8.78 Å². The first kappa shape index (κ1) is 27.8. The Balaban J connectivity index is 1.64. The molecule has 2 aliphatic rings. The molecule has 2 fully saturated rings. The topological polar surface area (TPSA) is 50.8 Å². The number of nitrogens with zero attached hydrogens (tertiary/aromatic N) is 1. The van der Waals surface area contributed by atoms with Gasteiger partial charge in [-0.2, -0.15) is 13.2 Å². The molecule has 2 aliphatic heterocycles. The van der Waals surface area contributed by atoms with Crippen LogP contribution in [0.1, 0.15) is 36.3 Å². The lowest BCUT2D eigenvalue weighted by molar-refractivity contribution is -0.271. The molecule has 0 aliphatic carbocycles. The molecular formula is C26H28BrF5N2O3. The zero-order chi connectivity index (χ0) is 27.0. The molecule has 0 bridgehead atoms. The number of alkyl halides is 3. The SMILES string of the molecule is COc1cc(F)ccc1C1CNCCC12CCN(C(=O)C(OC)(c1cc(F)cc(Br)c1)C(F)(F)F)CC2. The van der Waals surface area contributed by atoms with E-state index >= 15 is 0 Å².